The van der Waals surface area contributed by atoms with Gasteiger partial charge in [0, 0.05) is 32.4 Å². The number of nitrogens with zero attached hydrogens (tertiary/aromatic N) is 3. The number of rotatable bonds is 3. The molecule has 1 aliphatic heterocycles. The summed E-state index contributed by atoms with van der Waals surface area (Å²) in [6.45, 7) is 4.07. The van der Waals surface area contributed by atoms with Gasteiger partial charge >= 0.3 is 0 Å². The van der Waals surface area contributed by atoms with E-state index in [4.69, 9.17) is 5.11 Å². The molecule has 19 heavy (non-hydrogen) atoms. The molecule has 1 saturated heterocycles. The quantitative estimate of drug-likeness (QED) is 0.841. The zero-order valence-corrected chi connectivity index (χ0v) is 12.3. The second-order valence-corrected chi connectivity index (χ2v) is 5.39. The van der Waals surface area contributed by atoms with Crippen molar-refractivity contribution in [3.05, 3.63) is 28.5 Å². The first kappa shape index (κ1) is 14.4. The number of halogens is 1. The summed E-state index contributed by atoms with van der Waals surface area (Å²) in [5.74, 6) is 0.0332. The van der Waals surface area contributed by atoms with Crippen molar-refractivity contribution in [2.24, 2.45) is 0 Å². The molecule has 1 aromatic heterocycles. The maximum absolute atomic E-state index is 12.3. The average molecular weight is 328 g/mol. The normalized spacial score (nSPS) is 17.3. The molecular weight excluding hydrogens is 310 g/mol. The minimum absolute atomic E-state index is 0.0332. The van der Waals surface area contributed by atoms with Crippen LogP contribution < -0.4 is 0 Å². The Kier molecular flexibility index (Phi) is 5.30. The van der Waals surface area contributed by atoms with Crippen LogP contribution in [-0.4, -0.2) is 65.1 Å². The molecule has 0 aliphatic carbocycles. The summed E-state index contributed by atoms with van der Waals surface area (Å²) in [4.78, 5) is 20.5. The molecular formula is C13H18BrN3O2. The van der Waals surface area contributed by atoms with Gasteiger partial charge in [0.05, 0.1) is 12.2 Å². The highest BCUT2D eigenvalue weighted by molar-refractivity contribution is 9.10. The van der Waals surface area contributed by atoms with Crippen molar-refractivity contribution in [2.75, 3.05) is 39.3 Å². The smallest absolute Gasteiger partial charge is 0.255 e. The van der Waals surface area contributed by atoms with Gasteiger partial charge in [0.15, 0.2) is 0 Å². The molecule has 6 heteroatoms. The Morgan fingerprint density at radius 2 is 2.16 bits per heavy atom. The predicted molar refractivity (Wildman–Crippen MR) is 76.0 cm³/mol. The van der Waals surface area contributed by atoms with Crippen molar-refractivity contribution in [1.29, 1.82) is 0 Å². The Morgan fingerprint density at radius 3 is 2.84 bits per heavy atom. The lowest BCUT2D eigenvalue weighted by molar-refractivity contribution is 0.0760. The van der Waals surface area contributed by atoms with E-state index >= 15 is 0 Å². The molecule has 0 aromatic carbocycles. The molecule has 1 N–H and O–H groups in total. The van der Waals surface area contributed by atoms with Gasteiger partial charge in [0.1, 0.15) is 4.60 Å². The van der Waals surface area contributed by atoms with Gasteiger partial charge in [-0.15, -0.1) is 0 Å². The third-order valence-electron chi connectivity index (χ3n) is 3.27. The number of amides is 1. The Labute approximate surface area is 121 Å². The first-order valence-electron chi connectivity index (χ1n) is 6.45. The molecule has 0 saturated carbocycles. The number of aliphatic hydroxyl groups is 1. The largest absolute Gasteiger partial charge is 0.395 e. The highest BCUT2D eigenvalue weighted by Crippen LogP contribution is 2.11. The first-order valence-corrected chi connectivity index (χ1v) is 7.24. The minimum Gasteiger partial charge on any atom is -0.395 e. The lowest BCUT2D eigenvalue weighted by Crippen LogP contribution is -2.35. The van der Waals surface area contributed by atoms with E-state index in [0.29, 0.717) is 18.7 Å². The lowest BCUT2D eigenvalue weighted by atomic mass is 10.2. The summed E-state index contributed by atoms with van der Waals surface area (Å²) in [7, 11) is 0. The van der Waals surface area contributed by atoms with Gasteiger partial charge in [0.2, 0.25) is 0 Å². The van der Waals surface area contributed by atoms with Crippen LogP contribution in [0.25, 0.3) is 0 Å². The molecule has 0 spiro atoms. The van der Waals surface area contributed by atoms with Crippen LogP contribution in [0.1, 0.15) is 16.8 Å². The lowest BCUT2D eigenvalue weighted by Gasteiger charge is -2.21. The fourth-order valence-corrected chi connectivity index (χ4v) is 2.46. The summed E-state index contributed by atoms with van der Waals surface area (Å²) >= 11 is 3.26. The molecule has 2 heterocycles. The molecule has 1 amide bonds. The van der Waals surface area contributed by atoms with E-state index in [-0.39, 0.29) is 12.5 Å². The number of hydrogen-bond acceptors (Lipinski definition) is 4. The van der Waals surface area contributed by atoms with Crippen LogP contribution in [-0.2, 0) is 0 Å². The van der Waals surface area contributed by atoms with E-state index in [1.54, 1.807) is 18.3 Å². The molecule has 0 atom stereocenters. The van der Waals surface area contributed by atoms with Crippen LogP contribution >= 0.6 is 15.9 Å². The van der Waals surface area contributed by atoms with Crippen LogP contribution in [0.15, 0.2) is 22.9 Å². The van der Waals surface area contributed by atoms with Crippen molar-refractivity contribution < 1.29 is 9.90 Å². The van der Waals surface area contributed by atoms with E-state index in [9.17, 15) is 4.79 Å². The fraction of sp³-hybridized carbons (Fsp3) is 0.538. The van der Waals surface area contributed by atoms with E-state index in [1.807, 2.05) is 4.90 Å². The van der Waals surface area contributed by atoms with Gasteiger partial charge in [-0.1, -0.05) is 0 Å². The number of carbonyl (C=O) groups is 1. The second kappa shape index (κ2) is 6.98. The van der Waals surface area contributed by atoms with E-state index < -0.39 is 0 Å². The van der Waals surface area contributed by atoms with Gasteiger partial charge < -0.3 is 10.0 Å². The summed E-state index contributed by atoms with van der Waals surface area (Å²) < 4.78 is 0.731. The zero-order chi connectivity index (χ0) is 13.7. The number of carbonyl (C=O) groups excluding carboxylic acids is 1. The highest BCUT2D eigenvalue weighted by atomic mass is 79.9. The van der Waals surface area contributed by atoms with Crippen molar-refractivity contribution in [3.63, 3.8) is 0 Å². The van der Waals surface area contributed by atoms with Gasteiger partial charge in [-0.3, -0.25) is 9.69 Å². The highest BCUT2D eigenvalue weighted by Gasteiger charge is 2.20. The molecule has 0 unspecified atom stereocenters. The molecule has 1 aromatic rings. The summed E-state index contributed by atoms with van der Waals surface area (Å²) in [6.07, 6.45) is 2.54. The maximum atomic E-state index is 12.3. The molecule has 5 nitrogen and oxygen atoms in total. The van der Waals surface area contributed by atoms with E-state index in [1.165, 1.54) is 0 Å². The Balaban J connectivity index is 1.98. The third-order valence-corrected chi connectivity index (χ3v) is 3.74. The summed E-state index contributed by atoms with van der Waals surface area (Å²) in [5, 5.41) is 8.95. The molecule has 0 bridgehead atoms. The molecule has 1 aliphatic rings. The number of pyridine rings is 1. The molecule has 104 valence electrons. The monoisotopic (exact) mass is 327 g/mol. The average Bonchev–Trinajstić information content (AvgIpc) is 2.65. The SMILES string of the molecule is O=C(c1ccc(Br)nc1)N1CCCN(CCO)CC1. The Hall–Kier alpha value is -0.980. The first-order chi connectivity index (χ1) is 9.20. The zero-order valence-electron chi connectivity index (χ0n) is 10.8. The Morgan fingerprint density at radius 1 is 1.32 bits per heavy atom. The van der Waals surface area contributed by atoms with Gasteiger partial charge in [-0.25, -0.2) is 4.98 Å². The van der Waals surface area contributed by atoms with Crippen molar-refractivity contribution in [2.45, 2.75) is 6.42 Å². The van der Waals surface area contributed by atoms with Crippen molar-refractivity contribution >= 4 is 21.8 Å². The van der Waals surface area contributed by atoms with Crippen LogP contribution in [0, 0.1) is 0 Å². The third kappa shape index (κ3) is 3.99. The molecule has 1 fully saturated rings. The van der Waals surface area contributed by atoms with Crippen molar-refractivity contribution in [1.82, 2.24) is 14.8 Å². The number of aliphatic hydroxyl groups excluding tert-OH is 1. The number of β-amino-alcohol motifs (C(OH)–C–C–N with tert-alkyl or cyclic N) is 1. The standard InChI is InChI=1S/C13H18BrN3O2/c14-12-3-2-11(10-15-12)13(19)17-5-1-4-16(6-7-17)8-9-18/h2-3,10,18H,1,4-9H2. The number of hydrogen-bond donors (Lipinski definition) is 1. The fourth-order valence-electron chi connectivity index (χ4n) is 2.22. The summed E-state index contributed by atoms with van der Waals surface area (Å²) in [6, 6.07) is 3.57. The molecule has 2 rings (SSSR count). The van der Waals surface area contributed by atoms with Gasteiger partial charge in [-0.05, 0) is 41.0 Å². The summed E-state index contributed by atoms with van der Waals surface area (Å²) in [5.41, 5.74) is 0.624. The van der Waals surface area contributed by atoms with Crippen molar-refractivity contribution in [3.8, 4) is 0 Å². The minimum atomic E-state index is 0.0332. The van der Waals surface area contributed by atoms with E-state index in [2.05, 4.69) is 25.8 Å². The maximum Gasteiger partial charge on any atom is 0.255 e. The van der Waals surface area contributed by atoms with Gasteiger partial charge in [-0.2, -0.15) is 0 Å². The Bertz CT molecular complexity index is 424. The van der Waals surface area contributed by atoms with Crippen LogP contribution in [0.2, 0.25) is 0 Å². The van der Waals surface area contributed by atoms with E-state index in [0.717, 1.165) is 30.7 Å². The predicted octanol–water partition coefficient (Wildman–Crippen LogP) is 0.984. The topological polar surface area (TPSA) is 56.7 Å². The molecule has 0 radical (unpaired) electrons. The van der Waals surface area contributed by atoms with Gasteiger partial charge in [0.25, 0.3) is 5.91 Å². The van der Waals surface area contributed by atoms with Crippen LogP contribution in [0.3, 0.4) is 0 Å². The van der Waals surface area contributed by atoms with Crippen LogP contribution in [0.4, 0.5) is 0 Å². The van der Waals surface area contributed by atoms with Crippen LogP contribution in [0.5, 0.6) is 0 Å². The number of aromatic nitrogens is 1. The second-order valence-electron chi connectivity index (χ2n) is 4.58.